The number of carbonyl (C=O) groups is 1. The summed E-state index contributed by atoms with van der Waals surface area (Å²) in [6, 6.07) is 6.83. The zero-order valence-corrected chi connectivity index (χ0v) is 13.5. The van der Waals surface area contributed by atoms with E-state index in [1.807, 2.05) is 52.0 Å². The molecule has 1 rings (SSSR count). The van der Waals surface area contributed by atoms with Crippen LogP contribution in [0.25, 0.3) is 0 Å². The molecule has 0 aliphatic carbocycles. The predicted octanol–water partition coefficient (Wildman–Crippen LogP) is 2.65. The van der Waals surface area contributed by atoms with Crippen LogP contribution in [0.3, 0.4) is 0 Å². The normalized spacial score (nSPS) is 14.7. The molecule has 1 aromatic carbocycles. The second-order valence-corrected chi connectivity index (χ2v) is 7.59. The standard InChI is InChI=1S/C15H23NO3S/c1-6-19-14(17)13(16-20(18)15(3,4)5)12-9-7-11(2)8-10-12/h7-10,13,16H,6H2,1-5H3/t13-,20?/m1/s1. The van der Waals surface area contributed by atoms with Gasteiger partial charge in [-0.3, -0.25) is 0 Å². The number of benzene rings is 1. The SMILES string of the molecule is CCOC(=O)[C@H](NS(=O)C(C)(C)C)c1ccc(C)cc1. The molecule has 0 amide bonds. The van der Waals surface area contributed by atoms with Crippen molar-refractivity contribution in [3.8, 4) is 0 Å². The number of hydrogen-bond acceptors (Lipinski definition) is 3. The van der Waals surface area contributed by atoms with Gasteiger partial charge in [0.15, 0.2) is 0 Å². The maximum atomic E-state index is 12.2. The Morgan fingerprint density at radius 3 is 2.30 bits per heavy atom. The lowest BCUT2D eigenvalue weighted by Crippen LogP contribution is -2.39. The average molecular weight is 297 g/mol. The van der Waals surface area contributed by atoms with Gasteiger partial charge in [0.2, 0.25) is 0 Å². The third-order valence-corrected chi connectivity index (χ3v) is 4.28. The number of rotatable bonds is 5. The average Bonchev–Trinajstić information content (AvgIpc) is 2.36. The molecule has 0 saturated carbocycles. The highest BCUT2D eigenvalue weighted by Gasteiger charge is 2.28. The van der Waals surface area contributed by atoms with Crippen LogP contribution in [0, 0.1) is 6.92 Å². The van der Waals surface area contributed by atoms with Crippen molar-refractivity contribution in [2.24, 2.45) is 0 Å². The molecule has 20 heavy (non-hydrogen) atoms. The fraction of sp³-hybridized carbons (Fsp3) is 0.533. The topological polar surface area (TPSA) is 55.4 Å². The van der Waals surface area contributed by atoms with Crippen LogP contribution in [-0.4, -0.2) is 21.5 Å². The van der Waals surface area contributed by atoms with Gasteiger partial charge in [0, 0.05) is 0 Å². The van der Waals surface area contributed by atoms with Crippen molar-refractivity contribution < 1.29 is 13.7 Å². The first-order valence-electron chi connectivity index (χ1n) is 6.67. The molecule has 0 heterocycles. The Bertz CT molecular complexity index is 477. The molecule has 1 unspecified atom stereocenters. The summed E-state index contributed by atoms with van der Waals surface area (Å²) < 4.78 is 19.7. The predicted molar refractivity (Wildman–Crippen MR) is 81.6 cm³/mol. The maximum Gasteiger partial charge on any atom is 0.328 e. The molecule has 4 nitrogen and oxygen atoms in total. The van der Waals surface area contributed by atoms with E-state index >= 15 is 0 Å². The zero-order chi connectivity index (χ0) is 15.3. The van der Waals surface area contributed by atoms with E-state index in [2.05, 4.69) is 4.72 Å². The molecule has 0 bridgehead atoms. The largest absolute Gasteiger partial charge is 0.465 e. The number of carbonyl (C=O) groups excluding carboxylic acids is 1. The van der Waals surface area contributed by atoms with Gasteiger partial charge < -0.3 is 4.74 Å². The van der Waals surface area contributed by atoms with Crippen LogP contribution in [0.15, 0.2) is 24.3 Å². The maximum absolute atomic E-state index is 12.2. The summed E-state index contributed by atoms with van der Waals surface area (Å²) in [5.74, 6) is -0.408. The van der Waals surface area contributed by atoms with E-state index in [1.165, 1.54) is 0 Å². The molecule has 5 heteroatoms. The summed E-state index contributed by atoms with van der Waals surface area (Å²) in [5, 5.41) is 0. The molecule has 0 fully saturated rings. The molecule has 0 aliphatic heterocycles. The van der Waals surface area contributed by atoms with Gasteiger partial charge in [-0.15, -0.1) is 0 Å². The van der Waals surface area contributed by atoms with E-state index < -0.39 is 27.7 Å². The Morgan fingerprint density at radius 1 is 1.30 bits per heavy atom. The highest BCUT2D eigenvalue weighted by atomic mass is 32.2. The van der Waals surface area contributed by atoms with E-state index in [1.54, 1.807) is 6.92 Å². The number of nitrogens with one attached hydrogen (secondary N) is 1. The molecule has 0 aromatic heterocycles. The van der Waals surface area contributed by atoms with Crippen molar-refractivity contribution in [1.82, 2.24) is 4.72 Å². The Kier molecular flexibility index (Phi) is 5.89. The second kappa shape index (κ2) is 6.99. The molecule has 0 aliphatic rings. The number of ether oxygens (including phenoxy) is 1. The minimum atomic E-state index is -1.35. The van der Waals surface area contributed by atoms with Crippen molar-refractivity contribution in [3.63, 3.8) is 0 Å². The van der Waals surface area contributed by atoms with Crippen molar-refractivity contribution in [2.45, 2.75) is 45.4 Å². The molecular formula is C15H23NO3S. The molecule has 112 valence electrons. The molecule has 0 spiro atoms. The quantitative estimate of drug-likeness (QED) is 0.850. The number of hydrogen-bond donors (Lipinski definition) is 1. The number of esters is 1. The Labute approximate surface area is 123 Å². The fourth-order valence-corrected chi connectivity index (χ4v) is 2.32. The van der Waals surface area contributed by atoms with Crippen molar-refractivity contribution in [1.29, 1.82) is 0 Å². The highest BCUT2D eigenvalue weighted by Crippen LogP contribution is 2.19. The second-order valence-electron chi connectivity index (χ2n) is 5.59. The van der Waals surface area contributed by atoms with Crippen LogP contribution < -0.4 is 4.72 Å². The van der Waals surface area contributed by atoms with Crippen LogP contribution >= 0.6 is 0 Å². The van der Waals surface area contributed by atoms with E-state index in [9.17, 15) is 9.00 Å². The van der Waals surface area contributed by atoms with Gasteiger partial charge >= 0.3 is 5.97 Å². The lowest BCUT2D eigenvalue weighted by molar-refractivity contribution is -0.145. The molecule has 0 saturated heterocycles. The molecule has 1 N–H and O–H groups in total. The van der Waals surface area contributed by atoms with Crippen LogP contribution in [0.4, 0.5) is 0 Å². The van der Waals surface area contributed by atoms with Gasteiger partial charge in [0.25, 0.3) is 0 Å². The van der Waals surface area contributed by atoms with Gasteiger partial charge in [-0.05, 0) is 40.2 Å². The van der Waals surface area contributed by atoms with Crippen LogP contribution in [-0.2, 0) is 20.5 Å². The van der Waals surface area contributed by atoms with E-state index in [0.717, 1.165) is 11.1 Å². The third-order valence-electron chi connectivity index (χ3n) is 2.71. The highest BCUT2D eigenvalue weighted by molar-refractivity contribution is 7.84. The summed E-state index contributed by atoms with van der Waals surface area (Å²) >= 11 is 0. The van der Waals surface area contributed by atoms with Crippen LogP contribution in [0.1, 0.15) is 44.9 Å². The summed E-state index contributed by atoms with van der Waals surface area (Å²) in [4.78, 5) is 12.1. The molecular weight excluding hydrogens is 274 g/mol. The Balaban J connectivity index is 3.00. The molecule has 2 atom stereocenters. The fourth-order valence-electron chi connectivity index (χ4n) is 1.52. The number of aryl methyl sites for hydroxylation is 1. The van der Waals surface area contributed by atoms with Crippen LogP contribution in [0.2, 0.25) is 0 Å². The first kappa shape index (κ1) is 16.9. The lowest BCUT2D eigenvalue weighted by Gasteiger charge is -2.23. The molecule has 1 aromatic rings. The summed E-state index contributed by atoms with van der Waals surface area (Å²) in [5.41, 5.74) is 1.86. The van der Waals surface area contributed by atoms with Gasteiger partial charge in [-0.1, -0.05) is 29.8 Å². The minimum Gasteiger partial charge on any atom is -0.465 e. The van der Waals surface area contributed by atoms with Gasteiger partial charge in [-0.25, -0.2) is 13.7 Å². The van der Waals surface area contributed by atoms with Crippen molar-refractivity contribution in [2.75, 3.05) is 6.61 Å². The minimum absolute atomic E-state index is 0.297. The summed E-state index contributed by atoms with van der Waals surface area (Å²) in [6.45, 7) is 9.59. The van der Waals surface area contributed by atoms with Crippen LogP contribution in [0.5, 0.6) is 0 Å². The molecule has 0 radical (unpaired) electrons. The first-order valence-corrected chi connectivity index (χ1v) is 7.82. The zero-order valence-electron chi connectivity index (χ0n) is 12.7. The lowest BCUT2D eigenvalue weighted by atomic mass is 10.1. The van der Waals surface area contributed by atoms with E-state index in [-0.39, 0.29) is 0 Å². The van der Waals surface area contributed by atoms with Gasteiger partial charge in [0.05, 0.1) is 22.3 Å². The monoisotopic (exact) mass is 297 g/mol. The first-order chi connectivity index (χ1) is 9.25. The smallest absolute Gasteiger partial charge is 0.328 e. The Morgan fingerprint density at radius 2 is 1.85 bits per heavy atom. The summed E-state index contributed by atoms with van der Waals surface area (Å²) in [6.07, 6.45) is 0. The van der Waals surface area contributed by atoms with Gasteiger partial charge in [0.1, 0.15) is 6.04 Å². The Hall–Kier alpha value is -1.20. The van der Waals surface area contributed by atoms with Gasteiger partial charge in [-0.2, -0.15) is 0 Å². The van der Waals surface area contributed by atoms with E-state index in [0.29, 0.717) is 6.61 Å². The van der Waals surface area contributed by atoms with E-state index in [4.69, 9.17) is 4.74 Å². The third kappa shape index (κ3) is 4.72. The van der Waals surface area contributed by atoms with Crippen molar-refractivity contribution in [3.05, 3.63) is 35.4 Å². The van der Waals surface area contributed by atoms with Crippen molar-refractivity contribution >= 4 is 17.0 Å². The summed E-state index contributed by atoms with van der Waals surface area (Å²) in [7, 11) is -1.35.